The summed E-state index contributed by atoms with van der Waals surface area (Å²) >= 11 is 8.01. The number of hydrogen-bond acceptors (Lipinski definition) is 7. The van der Waals surface area contributed by atoms with Crippen molar-refractivity contribution >= 4 is 39.8 Å². The van der Waals surface area contributed by atoms with E-state index in [9.17, 15) is 4.79 Å². The van der Waals surface area contributed by atoms with Crippen LogP contribution in [-0.2, 0) is 6.54 Å². The molecule has 0 spiro atoms. The number of nitrogens with zero attached hydrogens (tertiary/aromatic N) is 6. The van der Waals surface area contributed by atoms with Crippen LogP contribution in [0.2, 0.25) is 5.02 Å². The van der Waals surface area contributed by atoms with Gasteiger partial charge in [0.15, 0.2) is 5.13 Å². The monoisotopic (exact) mass is 510 g/mol. The highest BCUT2D eigenvalue weighted by Gasteiger charge is 2.25. The maximum atomic E-state index is 13.4. The van der Waals surface area contributed by atoms with E-state index in [2.05, 4.69) is 48.2 Å². The van der Waals surface area contributed by atoms with Crippen LogP contribution in [0.1, 0.15) is 27.2 Å². The van der Waals surface area contributed by atoms with Crippen molar-refractivity contribution in [1.29, 1.82) is 0 Å². The lowest BCUT2D eigenvalue weighted by atomic mass is 10.0. The van der Waals surface area contributed by atoms with E-state index in [4.69, 9.17) is 11.6 Å². The topological polar surface area (TPSA) is 55.8 Å². The number of piperazine rings is 2. The number of anilines is 2. The van der Waals surface area contributed by atoms with Gasteiger partial charge in [0.25, 0.3) is 5.91 Å². The van der Waals surface area contributed by atoms with E-state index in [-0.39, 0.29) is 5.91 Å². The summed E-state index contributed by atoms with van der Waals surface area (Å²) in [4.78, 5) is 31.4. The Morgan fingerprint density at radius 2 is 1.74 bits per heavy atom. The molecule has 5 rings (SSSR count). The maximum Gasteiger partial charge on any atom is 0.254 e. The lowest BCUT2D eigenvalue weighted by molar-refractivity contribution is 0.0746. The van der Waals surface area contributed by atoms with Gasteiger partial charge in [0.05, 0.1) is 10.7 Å². The number of halogens is 1. The minimum Gasteiger partial charge on any atom is -0.353 e. The molecule has 2 aliphatic rings. The molecule has 0 aliphatic carbocycles. The molecule has 0 unspecified atom stereocenters. The summed E-state index contributed by atoms with van der Waals surface area (Å²) in [5.74, 6) is 0.996. The fourth-order valence-electron chi connectivity index (χ4n) is 4.74. The molecule has 0 radical (unpaired) electrons. The van der Waals surface area contributed by atoms with Crippen LogP contribution in [0.4, 0.5) is 10.9 Å². The zero-order chi connectivity index (χ0) is 24.4. The van der Waals surface area contributed by atoms with Crippen molar-refractivity contribution in [3.63, 3.8) is 0 Å². The Labute approximate surface area is 215 Å². The van der Waals surface area contributed by atoms with E-state index in [1.54, 1.807) is 17.5 Å². The molecule has 9 heteroatoms. The summed E-state index contributed by atoms with van der Waals surface area (Å²) < 4.78 is 0. The van der Waals surface area contributed by atoms with Crippen LogP contribution in [0.3, 0.4) is 0 Å². The fraction of sp³-hybridized carbons (Fsp3) is 0.423. The largest absolute Gasteiger partial charge is 0.353 e. The average Bonchev–Trinajstić information content (AvgIpc) is 3.32. The van der Waals surface area contributed by atoms with Crippen LogP contribution in [0.5, 0.6) is 0 Å². The molecular weight excluding hydrogens is 480 g/mol. The Balaban J connectivity index is 1.18. The van der Waals surface area contributed by atoms with Crippen LogP contribution >= 0.6 is 22.9 Å². The highest BCUT2D eigenvalue weighted by molar-refractivity contribution is 7.13. The van der Waals surface area contributed by atoms with Gasteiger partial charge in [-0.15, -0.1) is 11.3 Å². The second-order valence-corrected chi connectivity index (χ2v) is 10.5. The van der Waals surface area contributed by atoms with Crippen molar-refractivity contribution in [2.75, 3.05) is 62.2 Å². The first-order chi connectivity index (χ1) is 17.0. The molecule has 35 heavy (non-hydrogen) atoms. The smallest absolute Gasteiger partial charge is 0.254 e. The molecule has 2 fully saturated rings. The number of thiazole rings is 1. The molecule has 2 aliphatic heterocycles. The van der Waals surface area contributed by atoms with Gasteiger partial charge in [0, 0.05) is 76.0 Å². The van der Waals surface area contributed by atoms with Crippen LogP contribution in [-0.4, -0.2) is 78.0 Å². The molecule has 3 aromatic rings. The highest BCUT2D eigenvalue weighted by atomic mass is 35.5. The molecule has 184 valence electrons. The standard InChI is InChI=1S/C26H31ClN6OS/c1-19-5-6-21(17-30-8-10-31(11-9-30)24-23(27)4-3-7-28-24)16-22(19)25(34)32-12-14-33(15-13-32)26-29-20(2)18-35-26/h3-7,16,18H,8-15,17H2,1-2H3. The number of pyridine rings is 1. The van der Waals surface area contributed by atoms with Gasteiger partial charge in [-0.25, -0.2) is 9.97 Å². The Morgan fingerprint density at radius 3 is 2.43 bits per heavy atom. The number of carbonyl (C=O) groups is 1. The zero-order valence-corrected chi connectivity index (χ0v) is 21.9. The predicted molar refractivity (Wildman–Crippen MR) is 143 cm³/mol. The van der Waals surface area contributed by atoms with Crippen LogP contribution in [0.15, 0.2) is 41.9 Å². The molecule has 7 nitrogen and oxygen atoms in total. The van der Waals surface area contributed by atoms with Gasteiger partial charge in [-0.1, -0.05) is 23.7 Å². The number of carbonyl (C=O) groups excluding carboxylic acids is 1. The molecule has 4 heterocycles. The average molecular weight is 511 g/mol. The van der Waals surface area contributed by atoms with Crippen molar-refractivity contribution in [2.24, 2.45) is 0 Å². The van der Waals surface area contributed by atoms with E-state index in [1.165, 1.54) is 5.56 Å². The summed E-state index contributed by atoms with van der Waals surface area (Å²) in [6, 6.07) is 10.1. The molecule has 1 amide bonds. The van der Waals surface area contributed by atoms with Crippen molar-refractivity contribution < 1.29 is 4.79 Å². The van der Waals surface area contributed by atoms with E-state index >= 15 is 0 Å². The normalized spacial score (nSPS) is 17.2. The van der Waals surface area contributed by atoms with Crippen LogP contribution in [0.25, 0.3) is 0 Å². The van der Waals surface area contributed by atoms with Crippen molar-refractivity contribution in [2.45, 2.75) is 20.4 Å². The number of benzene rings is 1. The van der Waals surface area contributed by atoms with Crippen LogP contribution in [0, 0.1) is 13.8 Å². The number of amides is 1. The molecule has 0 atom stereocenters. The first kappa shape index (κ1) is 24.0. The quantitative estimate of drug-likeness (QED) is 0.515. The van der Waals surface area contributed by atoms with E-state index < -0.39 is 0 Å². The second-order valence-electron chi connectivity index (χ2n) is 9.27. The minimum absolute atomic E-state index is 0.133. The summed E-state index contributed by atoms with van der Waals surface area (Å²) in [7, 11) is 0. The second kappa shape index (κ2) is 10.5. The summed E-state index contributed by atoms with van der Waals surface area (Å²) in [5, 5.41) is 3.83. The van der Waals surface area contributed by atoms with Gasteiger partial charge in [-0.05, 0) is 43.2 Å². The summed E-state index contributed by atoms with van der Waals surface area (Å²) in [6.45, 7) is 11.6. The summed E-state index contributed by atoms with van der Waals surface area (Å²) in [6.07, 6.45) is 1.79. The SMILES string of the molecule is Cc1csc(N2CCN(C(=O)c3cc(CN4CCN(c5ncccc5Cl)CC4)ccc3C)CC2)n1. The number of rotatable bonds is 5. The van der Waals surface area contributed by atoms with Gasteiger partial charge in [0.1, 0.15) is 5.82 Å². The molecule has 0 saturated carbocycles. The Bertz CT molecular complexity index is 1180. The molecule has 1 aromatic carbocycles. The van der Waals surface area contributed by atoms with E-state index in [0.29, 0.717) is 5.02 Å². The third-order valence-electron chi connectivity index (χ3n) is 6.79. The van der Waals surface area contributed by atoms with Gasteiger partial charge in [0.2, 0.25) is 0 Å². The number of aromatic nitrogens is 2. The van der Waals surface area contributed by atoms with Crippen molar-refractivity contribution in [3.05, 3.63) is 69.3 Å². The molecule has 2 aromatic heterocycles. The molecule has 2 saturated heterocycles. The van der Waals surface area contributed by atoms with Crippen molar-refractivity contribution in [3.8, 4) is 0 Å². The van der Waals surface area contributed by atoms with Gasteiger partial charge in [-0.2, -0.15) is 0 Å². The first-order valence-electron chi connectivity index (χ1n) is 12.1. The van der Waals surface area contributed by atoms with Gasteiger partial charge >= 0.3 is 0 Å². The molecule has 0 bridgehead atoms. The third kappa shape index (κ3) is 5.44. The Morgan fingerprint density at radius 1 is 1.00 bits per heavy atom. The zero-order valence-electron chi connectivity index (χ0n) is 20.3. The maximum absolute atomic E-state index is 13.4. The number of hydrogen-bond donors (Lipinski definition) is 0. The van der Waals surface area contributed by atoms with Gasteiger partial charge < -0.3 is 14.7 Å². The summed E-state index contributed by atoms with van der Waals surface area (Å²) in [5.41, 5.74) is 4.09. The van der Waals surface area contributed by atoms with E-state index in [1.807, 2.05) is 30.9 Å². The Kier molecular flexibility index (Phi) is 7.22. The molecular formula is C26H31ClN6OS. The first-order valence-corrected chi connectivity index (χ1v) is 13.4. The lowest BCUT2D eigenvalue weighted by Crippen LogP contribution is -2.49. The predicted octanol–water partition coefficient (Wildman–Crippen LogP) is 4.09. The van der Waals surface area contributed by atoms with E-state index in [0.717, 1.165) is 86.7 Å². The lowest BCUT2D eigenvalue weighted by Gasteiger charge is -2.36. The van der Waals surface area contributed by atoms with Crippen LogP contribution < -0.4 is 9.80 Å². The highest BCUT2D eigenvalue weighted by Crippen LogP contribution is 2.25. The molecule has 0 N–H and O–H groups in total. The number of aryl methyl sites for hydroxylation is 2. The fourth-order valence-corrected chi connectivity index (χ4v) is 5.84. The van der Waals surface area contributed by atoms with Gasteiger partial charge in [-0.3, -0.25) is 9.69 Å². The van der Waals surface area contributed by atoms with Crippen molar-refractivity contribution in [1.82, 2.24) is 19.8 Å². The Hall–Kier alpha value is -2.68. The minimum atomic E-state index is 0.133. The third-order valence-corrected chi connectivity index (χ3v) is 8.11.